The molecule has 0 aliphatic carbocycles. The third kappa shape index (κ3) is 2.47. The lowest BCUT2D eigenvalue weighted by molar-refractivity contribution is 0.475. The Morgan fingerprint density at radius 3 is 2.50 bits per heavy atom. The number of aromatic amines is 1. The molecule has 20 heavy (non-hydrogen) atoms. The number of fused-ring (bicyclic) bond motifs is 1. The molecular weight excluding hydrogens is 250 g/mol. The number of nitrogens with one attached hydrogen (secondary N) is 1. The van der Waals surface area contributed by atoms with Crippen molar-refractivity contribution in [2.24, 2.45) is 0 Å². The van der Waals surface area contributed by atoms with E-state index in [2.05, 4.69) is 4.98 Å². The zero-order chi connectivity index (χ0) is 13.9. The highest BCUT2D eigenvalue weighted by Crippen LogP contribution is 2.14. The Morgan fingerprint density at radius 2 is 1.70 bits per heavy atom. The lowest BCUT2D eigenvalue weighted by atomic mass is 10.1. The first-order valence-corrected chi connectivity index (χ1v) is 6.31. The number of hydrogen-bond acceptors (Lipinski definition) is 2. The summed E-state index contributed by atoms with van der Waals surface area (Å²) in [6.45, 7) is 0. The van der Waals surface area contributed by atoms with Gasteiger partial charge in [0.1, 0.15) is 5.75 Å². The van der Waals surface area contributed by atoms with Crippen LogP contribution in [0.1, 0.15) is 11.1 Å². The molecule has 1 heterocycles. The van der Waals surface area contributed by atoms with Crippen LogP contribution >= 0.6 is 0 Å². The zero-order valence-corrected chi connectivity index (χ0v) is 10.7. The van der Waals surface area contributed by atoms with Crippen molar-refractivity contribution < 1.29 is 5.11 Å². The fourth-order valence-electron chi connectivity index (χ4n) is 2.06. The number of pyridine rings is 1. The Labute approximate surface area is 115 Å². The van der Waals surface area contributed by atoms with Crippen molar-refractivity contribution >= 4 is 23.1 Å². The van der Waals surface area contributed by atoms with E-state index in [0.717, 1.165) is 16.5 Å². The molecule has 0 aliphatic rings. The summed E-state index contributed by atoms with van der Waals surface area (Å²) in [7, 11) is 0. The van der Waals surface area contributed by atoms with Gasteiger partial charge in [-0.05, 0) is 41.3 Å². The van der Waals surface area contributed by atoms with Gasteiger partial charge in [-0.1, -0.05) is 36.4 Å². The average Bonchev–Trinajstić information content (AvgIpc) is 2.47. The minimum atomic E-state index is -0.112. The van der Waals surface area contributed by atoms with Crippen LogP contribution in [0.5, 0.6) is 5.75 Å². The van der Waals surface area contributed by atoms with Crippen molar-refractivity contribution in [2.45, 2.75) is 0 Å². The minimum Gasteiger partial charge on any atom is -0.508 e. The first-order valence-electron chi connectivity index (χ1n) is 6.31. The van der Waals surface area contributed by atoms with Crippen molar-refractivity contribution in [1.29, 1.82) is 0 Å². The minimum absolute atomic E-state index is 0.112. The van der Waals surface area contributed by atoms with E-state index in [9.17, 15) is 9.90 Å². The van der Waals surface area contributed by atoms with E-state index >= 15 is 0 Å². The van der Waals surface area contributed by atoms with E-state index < -0.39 is 0 Å². The third-order valence-electron chi connectivity index (χ3n) is 3.13. The van der Waals surface area contributed by atoms with Crippen LogP contribution in [-0.2, 0) is 0 Å². The fourth-order valence-corrected chi connectivity index (χ4v) is 2.06. The molecule has 1 aromatic heterocycles. The number of para-hydroxylation sites is 1. The first-order chi connectivity index (χ1) is 9.72. The van der Waals surface area contributed by atoms with Gasteiger partial charge < -0.3 is 10.1 Å². The van der Waals surface area contributed by atoms with E-state index in [0.29, 0.717) is 5.56 Å². The Bertz CT molecular complexity index is 829. The molecule has 0 aliphatic heterocycles. The number of rotatable bonds is 2. The molecule has 0 bridgehead atoms. The van der Waals surface area contributed by atoms with Crippen LogP contribution in [0.4, 0.5) is 0 Å². The predicted molar refractivity (Wildman–Crippen MR) is 81.6 cm³/mol. The highest BCUT2D eigenvalue weighted by molar-refractivity contribution is 5.82. The molecule has 0 spiro atoms. The van der Waals surface area contributed by atoms with Gasteiger partial charge in [0.05, 0.1) is 0 Å². The predicted octanol–water partition coefficient (Wildman–Crippen LogP) is 3.40. The molecule has 0 radical (unpaired) electrons. The summed E-state index contributed by atoms with van der Waals surface area (Å²) >= 11 is 0. The average molecular weight is 263 g/mol. The number of aromatic nitrogens is 1. The summed E-state index contributed by atoms with van der Waals surface area (Å²) in [5.41, 5.74) is 2.25. The maximum Gasteiger partial charge on any atom is 0.255 e. The fraction of sp³-hybridized carbons (Fsp3) is 0. The van der Waals surface area contributed by atoms with Crippen LogP contribution in [0.25, 0.3) is 23.1 Å². The van der Waals surface area contributed by atoms with Gasteiger partial charge >= 0.3 is 0 Å². The molecule has 0 unspecified atom stereocenters. The Hall–Kier alpha value is -2.81. The summed E-state index contributed by atoms with van der Waals surface area (Å²) < 4.78 is 0. The van der Waals surface area contributed by atoms with Gasteiger partial charge in [0.15, 0.2) is 0 Å². The number of aromatic hydroxyl groups is 1. The van der Waals surface area contributed by atoms with Gasteiger partial charge in [0, 0.05) is 11.1 Å². The van der Waals surface area contributed by atoms with Gasteiger partial charge in [-0.25, -0.2) is 0 Å². The van der Waals surface area contributed by atoms with Gasteiger partial charge in [0.2, 0.25) is 0 Å². The smallest absolute Gasteiger partial charge is 0.255 e. The summed E-state index contributed by atoms with van der Waals surface area (Å²) in [6, 6.07) is 16.4. The largest absolute Gasteiger partial charge is 0.508 e. The number of hydrogen-bond donors (Lipinski definition) is 2. The van der Waals surface area contributed by atoms with E-state index in [4.69, 9.17) is 0 Å². The number of H-pyrrole nitrogens is 1. The second-order valence-corrected chi connectivity index (χ2v) is 4.57. The van der Waals surface area contributed by atoms with Crippen molar-refractivity contribution in [3.63, 3.8) is 0 Å². The van der Waals surface area contributed by atoms with E-state index in [1.54, 1.807) is 30.3 Å². The van der Waals surface area contributed by atoms with Crippen LogP contribution < -0.4 is 5.56 Å². The molecule has 0 saturated carbocycles. The van der Waals surface area contributed by atoms with E-state index in [1.165, 1.54) is 0 Å². The molecule has 2 N–H and O–H groups in total. The summed E-state index contributed by atoms with van der Waals surface area (Å²) in [5.74, 6) is 0.228. The topological polar surface area (TPSA) is 53.1 Å². The molecule has 2 aromatic carbocycles. The molecule has 3 rings (SSSR count). The second-order valence-electron chi connectivity index (χ2n) is 4.57. The molecule has 3 aromatic rings. The summed E-state index contributed by atoms with van der Waals surface area (Å²) in [5, 5.41) is 10.2. The van der Waals surface area contributed by atoms with Gasteiger partial charge in [-0.3, -0.25) is 4.79 Å². The monoisotopic (exact) mass is 263 g/mol. The number of benzene rings is 2. The Balaban J connectivity index is 2.00. The molecule has 98 valence electrons. The van der Waals surface area contributed by atoms with Crippen molar-refractivity contribution in [3.05, 3.63) is 76.1 Å². The lowest BCUT2D eigenvalue weighted by Gasteiger charge is -1.99. The van der Waals surface area contributed by atoms with Gasteiger partial charge in [-0.2, -0.15) is 0 Å². The molecule has 0 saturated heterocycles. The van der Waals surface area contributed by atoms with E-state index in [-0.39, 0.29) is 11.3 Å². The van der Waals surface area contributed by atoms with Crippen LogP contribution in [-0.4, -0.2) is 10.1 Å². The van der Waals surface area contributed by atoms with Crippen molar-refractivity contribution in [3.8, 4) is 5.75 Å². The molecule has 3 heteroatoms. The van der Waals surface area contributed by atoms with Crippen LogP contribution in [0.2, 0.25) is 0 Å². The normalized spacial score (nSPS) is 11.2. The Morgan fingerprint density at radius 1 is 0.950 bits per heavy atom. The van der Waals surface area contributed by atoms with Crippen LogP contribution in [0.3, 0.4) is 0 Å². The highest BCUT2D eigenvalue weighted by Gasteiger charge is 1.99. The molecule has 0 fully saturated rings. The lowest BCUT2D eigenvalue weighted by Crippen LogP contribution is -2.08. The van der Waals surface area contributed by atoms with Crippen LogP contribution in [0.15, 0.2) is 59.4 Å². The number of phenols is 1. The van der Waals surface area contributed by atoms with E-state index in [1.807, 2.05) is 36.4 Å². The van der Waals surface area contributed by atoms with Crippen molar-refractivity contribution in [2.75, 3.05) is 0 Å². The Kier molecular flexibility index (Phi) is 3.09. The highest BCUT2D eigenvalue weighted by atomic mass is 16.3. The molecule has 0 atom stereocenters. The second kappa shape index (κ2) is 5.05. The molecular formula is C17H13NO2. The maximum atomic E-state index is 12.0. The first kappa shape index (κ1) is 12.2. The SMILES string of the molecule is O=c1[nH]c2ccccc2cc1/C=C/c1ccc(O)cc1. The molecule has 3 nitrogen and oxygen atoms in total. The maximum absolute atomic E-state index is 12.0. The van der Waals surface area contributed by atoms with Crippen LogP contribution in [0, 0.1) is 0 Å². The third-order valence-corrected chi connectivity index (χ3v) is 3.13. The van der Waals surface area contributed by atoms with Gasteiger partial charge in [0.25, 0.3) is 5.56 Å². The van der Waals surface area contributed by atoms with Crippen molar-refractivity contribution in [1.82, 2.24) is 4.98 Å². The standard InChI is InChI=1S/C17H13NO2/c19-15-9-6-12(7-10-15)5-8-14-11-13-3-1-2-4-16(13)18-17(14)20/h1-11,19H,(H,18,20)/b8-5+. The molecule has 0 amide bonds. The van der Waals surface area contributed by atoms with Gasteiger partial charge in [-0.15, -0.1) is 0 Å². The summed E-state index contributed by atoms with van der Waals surface area (Å²) in [6.07, 6.45) is 3.62. The number of phenolic OH excluding ortho intramolecular Hbond substituents is 1. The zero-order valence-electron chi connectivity index (χ0n) is 10.7. The summed E-state index contributed by atoms with van der Waals surface area (Å²) in [4.78, 5) is 14.8. The quantitative estimate of drug-likeness (QED) is 0.744.